The summed E-state index contributed by atoms with van der Waals surface area (Å²) in [6, 6.07) is 16.8. The monoisotopic (exact) mass is 372 g/mol. The highest BCUT2D eigenvalue weighted by Crippen LogP contribution is 2.33. The molecule has 2 aromatic carbocycles. The fraction of sp³-hybridized carbons (Fsp3) is 0.429. The smallest absolute Gasteiger partial charge is 0.0792 e. The molecule has 0 spiro atoms. The van der Waals surface area contributed by atoms with Gasteiger partial charge in [-0.15, -0.1) is 0 Å². The fourth-order valence-electron chi connectivity index (χ4n) is 3.45. The molecule has 0 aliphatic carbocycles. The molecular weight excluding hydrogens is 344 g/mol. The first-order valence-electron chi connectivity index (χ1n) is 9.53. The van der Waals surface area contributed by atoms with Crippen molar-refractivity contribution in [3.05, 3.63) is 59.1 Å². The van der Waals surface area contributed by atoms with E-state index >= 15 is 0 Å². The van der Waals surface area contributed by atoms with Crippen LogP contribution in [-0.4, -0.2) is 37.2 Å². The van der Waals surface area contributed by atoms with Crippen molar-refractivity contribution in [2.75, 3.05) is 36.8 Å². The number of likely N-dealkylation sites (N-methyl/N-ethyl adjacent to an activating group) is 1. The summed E-state index contributed by atoms with van der Waals surface area (Å²) in [5.41, 5.74) is 3.54. The Kier molecular flexibility index (Phi) is 6.78. The van der Waals surface area contributed by atoms with Crippen LogP contribution in [0.25, 0.3) is 0 Å². The minimum absolute atomic E-state index is 0.211. The molecule has 0 saturated carbocycles. The number of benzene rings is 2. The van der Waals surface area contributed by atoms with Crippen LogP contribution in [-0.2, 0) is 0 Å². The third-order valence-electron chi connectivity index (χ3n) is 5.04. The van der Waals surface area contributed by atoms with Gasteiger partial charge in [-0.1, -0.05) is 49.7 Å². The SMILES string of the molecule is CCN(CC)CCNC1CC(c2ccc(Cl)cc2)Nc2ccccc2N1. The van der Waals surface area contributed by atoms with E-state index < -0.39 is 0 Å². The van der Waals surface area contributed by atoms with E-state index in [2.05, 4.69) is 71.1 Å². The van der Waals surface area contributed by atoms with Crippen molar-refractivity contribution >= 4 is 23.0 Å². The number of rotatable bonds is 7. The van der Waals surface area contributed by atoms with E-state index in [-0.39, 0.29) is 12.2 Å². The van der Waals surface area contributed by atoms with Crippen molar-refractivity contribution in [2.45, 2.75) is 32.5 Å². The molecule has 3 N–H and O–H groups in total. The number of nitrogens with one attached hydrogen (secondary N) is 3. The number of hydrogen-bond donors (Lipinski definition) is 3. The molecule has 1 heterocycles. The van der Waals surface area contributed by atoms with E-state index in [0.29, 0.717) is 0 Å². The molecule has 2 aromatic rings. The molecule has 26 heavy (non-hydrogen) atoms. The Labute approximate surface area is 161 Å². The van der Waals surface area contributed by atoms with E-state index in [0.717, 1.165) is 49.0 Å². The normalized spacial score (nSPS) is 19.4. The summed E-state index contributed by atoms with van der Waals surface area (Å²) in [6.45, 7) is 8.64. The summed E-state index contributed by atoms with van der Waals surface area (Å²) in [7, 11) is 0. The molecule has 0 bridgehead atoms. The van der Waals surface area contributed by atoms with E-state index in [1.54, 1.807) is 0 Å². The van der Waals surface area contributed by atoms with Crippen molar-refractivity contribution in [1.82, 2.24) is 10.2 Å². The van der Waals surface area contributed by atoms with Gasteiger partial charge in [-0.05, 0) is 42.9 Å². The summed E-state index contributed by atoms with van der Waals surface area (Å²) in [5.74, 6) is 0. The minimum Gasteiger partial charge on any atom is -0.376 e. The molecule has 1 aliphatic rings. The fourth-order valence-corrected chi connectivity index (χ4v) is 3.58. The van der Waals surface area contributed by atoms with Gasteiger partial charge in [-0.25, -0.2) is 0 Å². The lowest BCUT2D eigenvalue weighted by atomic mass is 10.0. The minimum atomic E-state index is 0.211. The maximum Gasteiger partial charge on any atom is 0.0792 e. The molecular formula is C21H29ClN4. The standard InChI is InChI=1S/C21H29ClN4/c1-3-26(4-2)14-13-23-21-15-20(16-9-11-17(22)12-10-16)24-18-7-5-6-8-19(18)25-21/h5-12,20-21,23-25H,3-4,13-15H2,1-2H3. The van der Waals surface area contributed by atoms with Gasteiger partial charge in [0.25, 0.3) is 0 Å². The Morgan fingerprint density at radius 1 is 1.00 bits per heavy atom. The van der Waals surface area contributed by atoms with Gasteiger partial charge in [0.2, 0.25) is 0 Å². The van der Waals surface area contributed by atoms with Crippen LogP contribution < -0.4 is 16.0 Å². The summed E-state index contributed by atoms with van der Waals surface area (Å²) in [6.07, 6.45) is 1.16. The van der Waals surface area contributed by atoms with Crippen molar-refractivity contribution in [2.24, 2.45) is 0 Å². The highest BCUT2D eigenvalue weighted by molar-refractivity contribution is 6.30. The Balaban J connectivity index is 1.73. The van der Waals surface area contributed by atoms with Crippen molar-refractivity contribution in [3.63, 3.8) is 0 Å². The van der Waals surface area contributed by atoms with Crippen molar-refractivity contribution in [1.29, 1.82) is 0 Å². The molecule has 4 nitrogen and oxygen atoms in total. The molecule has 0 amide bonds. The predicted octanol–water partition coefficient (Wildman–Crippen LogP) is 4.57. The second-order valence-corrected chi connectivity index (χ2v) is 7.14. The van der Waals surface area contributed by atoms with Crippen LogP contribution in [0.1, 0.15) is 31.9 Å². The van der Waals surface area contributed by atoms with Crippen LogP contribution in [0.4, 0.5) is 11.4 Å². The van der Waals surface area contributed by atoms with Crippen LogP contribution in [0.2, 0.25) is 5.02 Å². The third-order valence-corrected chi connectivity index (χ3v) is 5.30. The van der Waals surface area contributed by atoms with E-state index in [9.17, 15) is 0 Å². The molecule has 1 aliphatic heterocycles. The summed E-state index contributed by atoms with van der Waals surface area (Å²) in [5, 5.41) is 11.8. The maximum absolute atomic E-state index is 6.07. The van der Waals surface area contributed by atoms with Gasteiger partial charge in [-0.2, -0.15) is 0 Å². The highest BCUT2D eigenvalue weighted by Gasteiger charge is 2.23. The van der Waals surface area contributed by atoms with Gasteiger partial charge in [0.05, 0.1) is 23.6 Å². The van der Waals surface area contributed by atoms with E-state index in [1.165, 1.54) is 5.56 Å². The zero-order valence-electron chi connectivity index (χ0n) is 15.6. The Hall–Kier alpha value is -1.75. The number of halogens is 1. The Bertz CT molecular complexity index is 685. The lowest BCUT2D eigenvalue weighted by Crippen LogP contribution is -2.41. The first-order chi connectivity index (χ1) is 12.7. The van der Waals surface area contributed by atoms with Crippen LogP contribution in [0.15, 0.2) is 48.5 Å². The van der Waals surface area contributed by atoms with Gasteiger partial charge in [0.1, 0.15) is 0 Å². The Morgan fingerprint density at radius 2 is 1.65 bits per heavy atom. The topological polar surface area (TPSA) is 39.3 Å². The highest BCUT2D eigenvalue weighted by atomic mass is 35.5. The first-order valence-corrected chi connectivity index (χ1v) is 9.90. The van der Waals surface area contributed by atoms with Crippen molar-refractivity contribution in [3.8, 4) is 0 Å². The molecule has 0 aromatic heterocycles. The number of para-hydroxylation sites is 2. The van der Waals surface area contributed by atoms with E-state index in [1.807, 2.05) is 12.1 Å². The molecule has 140 valence electrons. The van der Waals surface area contributed by atoms with Crippen molar-refractivity contribution < 1.29 is 0 Å². The first kappa shape index (κ1) is 19.0. The third kappa shape index (κ3) is 4.91. The maximum atomic E-state index is 6.07. The van der Waals surface area contributed by atoms with Gasteiger partial charge in [0, 0.05) is 24.5 Å². The van der Waals surface area contributed by atoms with Gasteiger partial charge < -0.3 is 15.5 Å². The molecule has 0 radical (unpaired) electrons. The molecule has 0 fully saturated rings. The van der Waals surface area contributed by atoms with Gasteiger partial charge in [-0.3, -0.25) is 5.32 Å². The second-order valence-electron chi connectivity index (χ2n) is 6.71. The van der Waals surface area contributed by atoms with Gasteiger partial charge >= 0.3 is 0 Å². The summed E-state index contributed by atoms with van der Waals surface area (Å²) >= 11 is 6.07. The van der Waals surface area contributed by atoms with Gasteiger partial charge in [0.15, 0.2) is 0 Å². The van der Waals surface area contributed by atoms with Crippen LogP contribution in [0, 0.1) is 0 Å². The number of anilines is 2. The lowest BCUT2D eigenvalue weighted by Gasteiger charge is -2.25. The Morgan fingerprint density at radius 3 is 2.31 bits per heavy atom. The molecule has 2 unspecified atom stereocenters. The molecule has 0 saturated heterocycles. The van der Waals surface area contributed by atoms with Crippen LogP contribution in [0.3, 0.4) is 0 Å². The molecule has 3 rings (SSSR count). The second kappa shape index (κ2) is 9.26. The number of fused-ring (bicyclic) bond motifs is 1. The lowest BCUT2D eigenvalue weighted by molar-refractivity contribution is 0.296. The number of nitrogens with zero attached hydrogens (tertiary/aromatic N) is 1. The quantitative estimate of drug-likeness (QED) is 0.666. The average molecular weight is 373 g/mol. The summed E-state index contributed by atoms with van der Waals surface area (Å²) in [4.78, 5) is 2.44. The largest absolute Gasteiger partial charge is 0.376 e. The predicted molar refractivity (Wildman–Crippen MR) is 112 cm³/mol. The average Bonchev–Trinajstić information content (AvgIpc) is 2.85. The summed E-state index contributed by atoms with van der Waals surface area (Å²) < 4.78 is 0. The zero-order chi connectivity index (χ0) is 18.4. The van der Waals surface area contributed by atoms with Crippen LogP contribution >= 0.6 is 11.6 Å². The van der Waals surface area contributed by atoms with Crippen LogP contribution in [0.5, 0.6) is 0 Å². The molecule has 2 atom stereocenters. The zero-order valence-corrected chi connectivity index (χ0v) is 16.4. The van der Waals surface area contributed by atoms with E-state index in [4.69, 9.17) is 11.6 Å². The number of hydrogen-bond acceptors (Lipinski definition) is 4. The molecule has 5 heteroatoms.